The highest BCUT2D eigenvalue weighted by Gasteiger charge is 2.17. The van der Waals surface area contributed by atoms with Gasteiger partial charge in [-0.25, -0.2) is 0 Å². The second-order valence-electron chi connectivity index (χ2n) is 6.56. The summed E-state index contributed by atoms with van der Waals surface area (Å²) in [5, 5.41) is 14.8. The highest BCUT2D eigenvalue weighted by molar-refractivity contribution is 6.03. The van der Waals surface area contributed by atoms with Crippen molar-refractivity contribution in [2.45, 2.75) is 19.9 Å². The zero-order valence-electron chi connectivity index (χ0n) is 15.9. The van der Waals surface area contributed by atoms with E-state index in [1.165, 1.54) is 0 Å². The zero-order valence-corrected chi connectivity index (χ0v) is 15.9. The molecule has 2 aromatic carbocycles. The van der Waals surface area contributed by atoms with Crippen LogP contribution in [0.5, 0.6) is 11.5 Å². The molecule has 146 valence electrons. The Morgan fingerprint density at radius 3 is 2.62 bits per heavy atom. The van der Waals surface area contributed by atoms with E-state index in [0.29, 0.717) is 22.8 Å². The van der Waals surface area contributed by atoms with Crippen LogP contribution in [0.2, 0.25) is 0 Å². The van der Waals surface area contributed by atoms with Gasteiger partial charge in [0.2, 0.25) is 0 Å². The largest absolute Gasteiger partial charge is 0.457 e. The van der Waals surface area contributed by atoms with E-state index < -0.39 is 0 Å². The van der Waals surface area contributed by atoms with Crippen molar-refractivity contribution in [3.05, 3.63) is 72.4 Å². The van der Waals surface area contributed by atoms with Gasteiger partial charge >= 0.3 is 6.01 Å². The smallest absolute Gasteiger partial charge is 0.322 e. The molecule has 29 heavy (non-hydrogen) atoms. The third kappa shape index (κ3) is 4.16. The van der Waals surface area contributed by atoms with E-state index in [1.807, 2.05) is 44.2 Å². The van der Waals surface area contributed by atoms with Crippen molar-refractivity contribution >= 4 is 11.9 Å². The van der Waals surface area contributed by atoms with Gasteiger partial charge in [-0.15, -0.1) is 5.10 Å². The van der Waals surface area contributed by atoms with Crippen LogP contribution in [0.1, 0.15) is 30.2 Å². The molecule has 0 unspecified atom stereocenters. The fraction of sp³-hybridized carbons (Fsp3) is 0.143. The number of aromatic nitrogens is 4. The van der Waals surface area contributed by atoms with Gasteiger partial charge in [-0.05, 0) is 50.2 Å². The number of para-hydroxylation sites is 1. The number of rotatable bonds is 6. The molecule has 4 rings (SSSR count). The van der Waals surface area contributed by atoms with Crippen LogP contribution >= 0.6 is 0 Å². The van der Waals surface area contributed by atoms with Crippen LogP contribution in [0, 0.1) is 0 Å². The van der Waals surface area contributed by atoms with Crippen molar-refractivity contribution < 1.29 is 13.9 Å². The van der Waals surface area contributed by atoms with Crippen molar-refractivity contribution in [3.8, 4) is 23.1 Å². The van der Waals surface area contributed by atoms with Crippen LogP contribution in [0.25, 0.3) is 11.6 Å². The average molecular weight is 389 g/mol. The Kier molecular flexibility index (Phi) is 5.07. The topological polar surface area (TPSA) is 95.1 Å². The van der Waals surface area contributed by atoms with E-state index in [0.717, 1.165) is 0 Å². The lowest BCUT2D eigenvalue weighted by molar-refractivity contribution is 0.102. The van der Waals surface area contributed by atoms with Crippen molar-refractivity contribution in [1.29, 1.82) is 0 Å². The Hall–Kier alpha value is -3.94. The molecule has 0 spiro atoms. The van der Waals surface area contributed by atoms with E-state index in [9.17, 15) is 4.79 Å². The molecule has 8 heteroatoms. The number of carbonyl (C=O) groups is 1. The van der Waals surface area contributed by atoms with E-state index in [1.54, 1.807) is 41.2 Å². The Bertz CT molecular complexity index is 1120. The first-order valence-electron chi connectivity index (χ1n) is 9.12. The third-order valence-corrected chi connectivity index (χ3v) is 4.10. The van der Waals surface area contributed by atoms with E-state index >= 15 is 0 Å². The van der Waals surface area contributed by atoms with Crippen LogP contribution < -0.4 is 10.1 Å². The highest BCUT2D eigenvalue weighted by atomic mass is 16.5. The lowest BCUT2D eigenvalue weighted by Crippen LogP contribution is -2.12. The number of carbonyl (C=O) groups excluding carboxylic acids is 1. The molecule has 4 aromatic rings. The van der Waals surface area contributed by atoms with Gasteiger partial charge in [0.25, 0.3) is 11.8 Å². The van der Waals surface area contributed by atoms with Crippen molar-refractivity contribution in [2.24, 2.45) is 0 Å². The monoisotopic (exact) mass is 389 g/mol. The normalized spacial score (nSPS) is 10.9. The molecular weight excluding hydrogens is 370 g/mol. The molecule has 0 atom stereocenters. The Morgan fingerprint density at radius 2 is 1.83 bits per heavy atom. The van der Waals surface area contributed by atoms with Gasteiger partial charge in [-0.3, -0.25) is 14.8 Å². The van der Waals surface area contributed by atoms with Crippen LogP contribution in [-0.4, -0.2) is 25.9 Å². The van der Waals surface area contributed by atoms with Crippen LogP contribution in [-0.2, 0) is 0 Å². The molecule has 0 aliphatic heterocycles. The molecule has 2 heterocycles. The molecular formula is C21H19N5O3. The summed E-state index contributed by atoms with van der Waals surface area (Å²) in [5.41, 5.74) is 1.09. The van der Waals surface area contributed by atoms with Gasteiger partial charge in [-0.1, -0.05) is 29.4 Å². The number of nitrogens with zero attached hydrogens (tertiary/aromatic N) is 4. The predicted octanol–water partition coefficient (Wildman–Crippen LogP) is 4.56. The summed E-state index contributed by atoms with van der Waals surface area (Å²) in [7, 11) is 0. The standard InChI is InChI=1S/C21H19N5O3/c1-14(2)26-18(11-12-22-26)20-24-25-21(29-20)23-19(27)15-7-6-10-17(13-15)28-16-8-4-3-5-9-16/h3-14H,1-2H3,(H,23,25,27). The maximum Gasteiger partial charge on any atom is 0.322 e. The Labute approximate surface area is 167 Å². The Balaban J connectivity index is 1.48. The lowest BCUT2D eigenvalue weighted by atomic mass is 10.2. The lowest BCUT2D eigenvalue weighted by Gasteiger charge is -2.08. The number of hydrogen-bond acceptors (Lipinski definition) is 6. The average Bonchev–Trinajstić information content (AvgIpc) is 3.38. The highest BCUT2D eigenvalue weighted by Crippen LogP contribution is 2.24. The van der Waals surface area contributed by atoms with E-state index in [-0.39, 0.29) is 23.9 Å². The van der Waals surface area contributed by atoms with Gasteiger partial charge in [0, 0.05) is 17.8 Å². The minimum Gasteiger partial charge on any atom is -0.457 e. The summed E-state index contributed by atoms with van der Waals surface area (Å²) >= 11 is 0. The maximum absolute atomic E-state index is 12.6. The molecule has 1 N–H and O–H groups in total. The van der Waals surface area contributed by atoms with Gasteiger partial charge in [0.05, 0.1) is 0 Å². The second-order valence-corrected chi connectivity index (χ2v) is 6.56. The van der Waals surface area contributed by atoms with Crippen molar-refractivity contribution in [1.82, 2.24) is 20.0 Å². The van der Waals surface area contributed by atoms with Gasteiger partial charge in [-0.2, -0.15) is 5.10 Å². The molecule has 0 fully saturated rings. The first-order valence-corrected chi connectivity index (χ1v) is 9.12. The minimum absolute atomic E-state index is 0.0101. The molecule has 0 bridgehead atoms. The van der Waals surface area contributed by atoms with Gasteiger partial charge < -0.3 is 9.15 Å². The van der Waals surface area contributed by atoms with Gasteiger partial charge in [0.1, 0.15) is 17.2 Å². The number of benzene rings is 2. The SMILES string of the molecule is CC(C)n1nccc1-c1nnc(NC(=O)c2cccc(Oc3ccccc3)c2)o1. The first-order chi connectivity index (χ1) is 14.1. The number of anilines is 1. The van der Waals surface area contributed by atoms with Crippen LogP contribution in [0.4, 0.5) is 6.01 Å². The minimum atomic E-state index is -0.379. The van der Waals surface area contributed by atoms with E-state index in [2.05, 4.69) is 20.6 Å². The third-order valence-electron chi connectivity index (χ3n) is 4.10. The maximum atomic E-state index is 12.6. The first kappa shape index (κ1) is 18.4. The summed E-state index contributed by atoms with van der Waals surface area (Å²) in [6.45, 7) is 4.00. The van der Waals surface area contributed by atoms with Crippen LogP contribution in [0.3, 0.4) is 0 Å². The van der Waals surface area contributed by atoms with E-state index in [4.69, 9.17) is 9.15 Å². The number of amides is 1. The molecule has 8 nitrogen and oxygen atoms in total. The summed E-state index contributed by atoms with van der Waals surface area (Å²) in [6.07, 6.45) is 1.66. The zero-order chi connectivity index (χ0) is 20.2. The number of ether oxygens (including phenoxy) is 1. The number of hydrogen-bond donors (Lipinski definition) is 1. The quantitative estimate of drug-likeness (QED) is 0.519. The second kappa shape index (κ2) is 7.97. The molecule has 0 saturated heterocycles. The molecule has 2 aromatic heterocycles. The molecule has 0 radical (unpaired) electrons. The Morgan fingerprint density at radius 1 is 1.03 bits per heavy atom. The summed E-state index contributed by atoms with van der Waals surface area (Å²) < 4.78 is 13.1. The molecule has 0 saturated carbocycles. The number of nitrogens with one attached hydrogen (secondary N) is 1. The van der Waals surface area contributed by atoms with Crippen molar-refractivity contribution in [3.63, 3.8) is 0 Å². The molecule has 0 aliphatic rings. The van der Waals surface area contributed by atoms with Gasteiger partial charge in [0.15, 0.2) is 0 Å². The summed E-state index contributed by atoms with van der Waals surface area (Å²) in [4.78, 5) is 12.6. The fourth-order valence-electron chi connectivity index (χ4n) is 2.77. The fourth-order valence-corrected chi connectivity index (χ4v) is 2.77. The molecule has 0 aliphatic carbocycles. The van der Waals surface area contributed by atoms with Crippen molar-refractivity contribution in [2.75, 3.05) is 5.32 Å². The predicted molar refractivity (Wildman–Crippen MR) is 107 cm³/mol. The van der Waals surface area contributed by atoms with Crippen LogP contribution in [0.15, 0.2) is 71.3 Å². The molecule has 1 amide bonds. The summed E-state index contributed by atoms with van der Waals surface area (Å²) in [6, 6.07) is 18.1. The summed E-state index contributed by atoms with van der Waals surface area (Å²) in [5.74, 6) is 1.15.